The van der Waals surface area contributed by atoms with Gasteiger partial charge in [0.1, 0.15) is 34.5 Å². The predicted molar refractivity (Wildman–Crippen MR) is 289 cm³/mol. The fourth-order valence-corrected chi connectivity index (χ4v) is 10.4. The Labute approximate surface area is 431 Å². The van der Waals surface area contributed by atoms with Gasteiger partial charge >= 0.3 is 5.97 Å². The summed E-state index contributed by atoms with van der Waals surface area (Å²) in [6.07, 6.45) is 7.66. The second kappa shape index (κ2) is 26.5. The number of ketones is 2. The van der Waals surface area contributed by atoms with Crippen molar-refractivity contribution in [1.29, 1.82) is 0 Å². The molecule has 1 aliphatic rings. The maximum Gasteiger partial charge on any atom is 0.331 e. The van der Waals surface area contributed by atoms with Crippen LogP contribution in [0.4, 0.5) is 0 Å². The number of carboxylic acid groups (broad SMARTS) is 1. The first-order chi connectivity index (χ1) is 34.8. The zero-order valence-corrected chi connectivity index (χ0v) is 44.0. The number of carbonyl (C=O) groups excluding carboxylic acids is 3. The van der Waals surface area contributed by atoms with Crippen molar-refractivity contribution in [1.82, 2.24) is 0 Å². The first-order valence-corrected chi connectivity index (χ1v) is 25.6. The number of aliphatic carboxylic acids is 1. The van der Waals surface area contributed by atoms with E-state index in [1.54, 1.807) is 91.0 Å². The molecule has 7 aromatic rings. The fraction of sp³-hybridized carbons (Fsp3) is 0.214. The summed E-state index contributed by atoms with van der Waals surface area (Å²) >= 11 is 4.18. The predicted octanol–water partition coefficient (Wildman–Crippen LogP) is 11.5. The molecular formula is C56H56O13S3. The van der Waals surface area contributed by atoms with Gasteiger partial charge in [0, 0.05) is 65.7 Å². The zero-order chi connectivity index (χ0) is 52.6. The summed E-state index contributed by atoms with van der Waals surface area (Å²) in [5, 5.41) is 33.5. The number of aldehydes is 1. The molecule has 0 spiro atoms. The third-order valence-corrected chi connectivity index (χ3v) is 13.9. The Morgan fingerprint density at radius 2 is 0.972 bits per heavy atom. The molecule has 0 fully saturated rings. The van der Waals surface area contributed by atoms with E-state index in [1.165, 1.54) is 24.8 Å². The van der Waals surface area contributed by atoms with Gasteiger partial charge in [-0.1, -0.05) is 97.1 Å². The van der Waals surface area contributed by atoms with Gasteiger partial charge in [-0.2, -0.15) is 0 Å². The monoisotopic (exact) mass is 1030 g/mol. The van der Waals surface area contributed by atoms with E-state index < -0.39 is 5.97 Å². The van der Waals surface area contributed by atoms with Gasteiger partial charge in [-0.3, -0.25) is 14.4 Å². The van der Waals surface area contributed by atoms with E-state index in [0.717, 1.165) is 94.3 Å². The standard InChI is InChI=1S/C15H12O4S.C14H16O3S.C14H14O3S.C13H14O3/c1-8(15(18)19)7-11-12(16)9-5-3-4-6-10(9)13(17)14(11)20-2;2*1-16-12-9-6-4-5-7-10(9)13(17-2)14(18-3)11(12)8-15;1-15-12-7-9(8-14)13(16-2)11-6-4-3-5-10(11)12/h3-7H,1-2H3,(H,18,19);4-7,15H,8H2,1-3H3;4-8H,1-3H3;3-7,14H,8H2,1-2H3/b8-7+;;;. The molecular weight excluding hydrogens is 977 g/mol. The number of aliphatic hydroxyl groups is 2. The molecule has 0 saturated heterocycles. The minimum Gasteiger partial charge on any atom is -0.496 e. The normalized spacial score (nSPS) is 11.9. The first kappa shape index (κ1) is 56.0. The highest BCUT2D eigenvalue weighted by molar-refractivity contribution is 8.03. The van der Waals surface area contributed by atoms with Gasteiger partial charge in [-0.25, -0.2) is 4.79 Å². The van der Waals surface area contributed by atoms with Crippen molar-refractivity contribution in [2.24, 2.45) is 0 Å². The quantitative estimate of drug-likeness (QED) is 0.0530. The zero-order valence-electron chi connectivity index (χ0n) is 41.5. The molecule has 72 heavy (non-hydrogen) atoms. The second-order valence-corrected chi connectivity index (χ2v) is 17.7. The van der Waals surface area contributed by atoms with Crippen molar-refractivity contribution in [2.45, 2.75) is 29.9 Å². The summed E-state index contributed by atoms with van der Waals surface area (Å²) < 4.78 is 32.5. The third kappa shape index (κ3) is 11.5. The Morgan fingerprint density at radius 1 is 0.542 bits per heavy atom. The number of allylic oxidation sites excluding steroid dienone is 3. The summed E-state index contributed by atoms with van der Waals surface area (Å²) in [5.41, 5.74) is 2.92. The highest BCUT2D eigenvalue weighted by Gasteiger charge is 2.31. The van der Waals surface area contributed by atoms with Crippen LogP contribution >= 0.6 is 35.3 Å². The largest absolute Gasteiger partial charge is 0.496 e. The van der Waals surface area contributed by atoms with E-state index in [9.17, 15) is 29.4 Å². The Bertz CT molecular complexity index is 3150. The molecule has 13 nitrogen and oxygen atoms in total. The molecule has 1 aliphatic carbocycles. The van der Waals surface area contributed by atoms with Crippen LogP contribution in [0.25, 0.3) is 32.3 Å². The average molecular weight is 1030 g/mol. The van der Waals surface area contributed by atoms with Crippen LogP contribution in [0.2, 0.25) is 0 Å². The molecule has 3 N–H and O–H groups in total. The Hall–Kier alpha value is -6.95. The second-order valence-electron chi connectivity index (χ2n) is 15.2. The average Bonchev–Trinajstić information content (AvgIpc) is 3.42. The number of carboxylic acids is 1. The van der Waals surface area contributed by atoms with Gasteiger partial charge in [0.2, 0.25) is 5.78 Å². The Morgan fingerprint density at radius 3 is 1.39 bits per heavy atom. The van der Waals surface area contributed by atoms with Crippen molar-refractivity contribution in [3.63, 3.8) is 0 Å². The number of Topliss-reactive ketones (excluding diaryl/α,β-unsaturated/α-hetero) is 2. The molecule has 0 amide bonds. The number of hydrogen-bond acceptors (Lipinski definition) is 15. The summed E-state index contributed by atoms with van der Waals surface area (Å²) in [7, 11) is 9.68. The number of fused-ring (bicyclic) bond motifs is 4. The van der Waals surface area contributed by atoms with E-state index >= 15 is 0 Å². The highest BCUT2D eigenvalue weighted by Crippen LogP contribution is 2.46. The van der Waals surface area contributed by atoms with Crippen LogP contribution in [0.5, 0.6) is 34.5 Å². The fourth-order valence-electron chi connectivity index (χ4n) is 8.19. The van der Waals surface area contributed by atoms with Crippen LogP contribution in [-0.2, 0) is 18.0 Å². The number of ether oxygens (including phenoxy) is 6. The SMILES string of the molecule is COc1c(C=O)c(SC)c(OC)c2ccccc12.COc1c(CO)c(SC)c(OC)c2ccccc12.COc1cc(CO)c(OC)c2ccccc12.CSC1=C(/C=C(\C)C(=O)O)C(=O)c2ccccc2C1=O. The molecule has 0 radical (unpaired) electrons. The maximum atomic E-state index is 12.4. The van der Waals surface area contributed by atoms with Crippen molar-refractivity contribution in [2.75, 3.05) is 61.4 Å². The summed E-state index contributed by atoms with van der Waals surface area (Å²) in [5.74, 6) is 2.63. The summed E-state index contributed by atoms with van der Waals surface area (Å²) in [6.45, 7) is 1.26. The topological polar surface area (TPSA) is 184 Å². The van der Waals surface area contributed by atoms with E-state index in [0.29, 0.717) is 28.2 Å². The van der Waals surface area contributed by atoms with Gasteiger partial charge in [0.05, 0.1) is 76.1 Å². The number of benzene rings is 7. The maximum absolute atomic E-state index is 12.4. The summed E-state index contributed by atoms with van der Waals surface area (Å²) in [4.78, 5) is 49.0. The molecule has 376 valence electrons. The molecule has 0 aliphatic heterocycles. The van der Waals surface area contributed by atoms with E-state index in [4.69, 9.17) is 33.5 Å². The van der Waals surface area contributed by atoms with Gasteiger partial charge in [0.25, 0.3) is 0 Å². The third-order valence-electron chi connectivity index (χ3n) is 11.4. The molecule has 8 rings (SSSR count). The molecule has 0 atom stereocenters. The number of aliphatic hydroxyl groups excluding tert-OH is 2. The van der Waals surface area contributed by atoms with Crippen LogP contribution in [0.1, 0.15) is 49.1 Å². The number of thioether (sulfide) groups is 3. The van der Waals surface area contributed by atoms with Crippen molar-refractivity contribution < 1.29 is 62.9 Å². The Kier molecular flexibility index (Phi) is 20.6. The van der Waals surface area contributed by atoms with Crippen LogP contribution in [0.15, 0.2) is 135 Å². The van der Waals surface area contributed by atoms with Gasteiger partial charge in [-0.15, -0.1) is 35.3 Å². The highest BCUT2D eigenvalue weighted by atomic mass is 32.2. The van der Waals surface area contributed by atoms with Crippen LogP contribution in [-0.4, -0.2) is 101 Å². The molecule has 0 heterocycles. The number of methoxy groups -OCH3 is 6. The molecule has 16 heteroatoms. The molecule has 0 saturated carbocycles. The number of hydrogen-bond donors (Lipinski definition) is 3. The lowest BCUT2D eigenvalue weighted by atomic mass is 9.88. The number of rotatable bonds is 14. The van der Waals surface area contributed by atoms with Gasteiger partial charge < -0.3 is 43.7 Å². The Balaban J connectivity index is 0.000000179. The molecule has 0 bridgehead atoms. The van der Waals surface area contributed by atoms with Crippen LogP contribution in [0, 0.1) is 0 Å². The van der Waals surface area contributed by atoms with E-state index in [1.807, 2.05) is 85.3 Å². The van der Waals surface area contributed by atoms with E-state index in [2.05, 4.69) is 0 Å². The lowest BCUT2D eigenvalue weighted by molar-refractivity contribution is -0.132. The first-order valence-electron chi connectivity index (χ1n) is 21.9. The van der Waals surface area contributed by atoms with Crippen molar-refractivity contribution in [3.05, 3.63) is 153 Å². The lowest BCUT2D eigenvalue weighted by Gasteiger charge is -2.18. The molecule has 7 aromatic carbocycles. The minimum atomic E-state index is -1.11. The minimum absolute atomic E-state index is 0.0204. The summed E-state index contributed by atoms with van der Waals surface area (Å²) in [6, 6.07) is 31.8. The van der Waals surface area contributed by atoms with Crippen molar-refractivity contribution in [3.8, 4) is 34.5 Å². The smallest absolute Gasteiger partial charge is 0.331 e. The van der Waals surface area contributed by atoms with Gasteiger partial charge in [0.15, 0.2) is 12.1 Å². The van der Waals surface area contributed by atoms with Crippen LogP contribution < -0.4 is 28.4 Å². The van der Waals surface area contributed by atoms with Crippen LogP contribution in [0.3, 0.4) is 0 Å². The molecule has 0 unspecified atom stereocenters. The number of carbonyl (C=O) groups is 4. The molecule has 0 aromatic heterocycles. The van der Waals surface area contributed by atoms with Gasteiger partial charge in [-0.05, 0) is 37.8 Å². The van der Waals surface area contributed by atoms with E-state index in [-0.39, 0.29) is 40.8 Å². The van der Waals surface area contributed by atoms with Crippen molar-refractivity contribution >= 4 is 91.4 Å². The lowest BCUT2D eigenvalue weighted by Crippen LogP contribution is -2.20.